The molecule has 7 aromatic rings. The minimum absolute atomic E-state index is 0.152. The molecule has 2 bridgehead atoms. The van der Waals surface area contributed by atoms with Gasteiger partial charge in [0.2, 0.25) is 0 Å². The van der Waals surface area contributed by atoms with E-state index in [0.29, 0.717) is 0 Å². The second-order valence-corrected chi connectivity index (χ2v) is 17.5. The quantitative estimate of drug-likeness (QED) is 0.163. The van der Waals surface area contributed by atoms with Gasteiger partial charge in [-0.2, -0.15) is 0 Å². The molecule has 276 valence electrons. The van der Waals surface area contributed by atoms with Crippen LogP contribution in [0.25, 0.3) is 38.6 Å². The SMILES string of the molecule is Bc1c2cc3c(c1N1C4=C(C=CC4)C(c4ccccc4)(c4ccccc4)c4cccc(c41)C1=C(c4cc5ccccc5cc4C)CCC=C12)-c1ccccc1C3(C)C. The van der Waals surface area contributed by atoms with Crippen molar-refractivity contribution in [2.24, 2.45) is 0 Å². The number of nitrogens with zero attached hydrogens (tertiary/aromatic N) is 1. The summed E-state index contributed by atoms with van der Waals surface area (Å²) in [5, 5.41) is 2.59. The van der Waals surface area contributed by atoms with Crippen molar-refractivity contribution in [1.29, 1.82) is 0 Å². The fraction of sp³-hybridized carbons (Fsp3) is 0.143. The number of allylic oxidation sites excluding steroid dienone is 7. The van der Waals surface area contributed by atoms with Gasteiger partial charge in [0.15, 0.2) is 0 Å². The smallest absolute Gasteiger partial charge is 0.142 e. The van der Waals surface area contributed by atoms with E-state index in [0.717, 1.165) is 19.3 Å². The molecule has 0 saturated heterocycles. The van der Waals surface area contributed by atoms with Crippen molar-refractivity contribution in [2.75, 3.05) is 4.90 Å². The lowest BCUT2D eigenvalue weighted by Crippen LogP contribution is -2.41. The second kappa shape index (κ2) is 12.1. The van der Waals surface area contributed by atoms with Crippen molar-refractivity contribution in [3.8, 4) is 11.1 Å². The topological polar surface area (TPSA) is 3.24 Å². The van der Waals surface area contributed by atoms with Gasteiger partial charge in [-0.25, -0.2) is 0 Å². The van der Waals surface area contributed by atoms with Crippen LogP contribution in [0.3, 0.4) is 0 Å². The highest BCUT2D eigenvalue weighted by Gasteiger charge is 2.51. The lowest BCUT2D eigenvalue weighted by molar-refractivity contribution is 0.660. The molecule has 2 heterocycles. The fourth-order valence-corrected chi connectivity index (χ4v) is 11.8. The Balaban J connectivity index is 1.30. The van der Waals surface area contributed by atoms with Gasteiger partial charge in [-0.15, -0.1) is 0 Å². The van der Waals surface area contributed by atoms with Crippen molar-refractivity contribution >= 4 is 52.2 Å². The lowest BCUT2D eigenvalue weighted by atomic mass is 9.61. The Morgan fingerprint density at radius 1 is 0.603 bits per heavy atom. The van der Waals surface area contributed by atoms with Crippen LogP contribution in [0.4, 0.5) is 11.4 Å². The highest BCUT2D eigenvalue weighted by Crippen LogP contribution is 2.64. The lowest BCUT2D eigenvalue weighted by Gasteiger charge is -2.49. The summed E-state index contributed by atoms with van der Waals surface area (Å²) in [6, 6.07) is 55.5. The molecule has 2 aliphatic heterocycles. The van der Waals surface area contributed by atoms with Gasteiger partial charge < -0.3 is 4.90 Å². The summed E-state index contributed by atoms with van der Waals surface area (Å²) in [5.74, 6) is 0. The molecule has 0 radical (unpaired) electrons. The van der Waals surface area contributed by atoms with Crippen LogP contribution >= 0.6 is 0 Å². The third-order valence-electron chi connectivity index (χ3n) is 14.3. The first-order valence-corrected chi connectivity index (χ1v) is 21.1. The predicted octanol–water partition coefficient (Wildman–Crippen LogP) is 12.5. The first-order chi connectivity index (χ1) is 28.4. The number of anilines is 2. The number of hydrogen-bond donors (Lipinski definition) is 0. The highest BCUT2D eigenvalue weighted by molar-refractivity contribution is 6.42. The molecule has 0 saturated carbocycles. The first-order valence-electron chi connectivity index (χ1n) is 21.1. The number of rotatable bonds is 3. The minimum Gasteiger partial charge on any atom is -0.313 e. The molecule has 0 aromatic heterocycles. The average Bonchev–Trinajstić information content (AvgIpc) is 3.83. The molecule has 0 N–H and O–H groups in total. The summed E-state index contributed by atoms with van der Waals surface area (Å²) in [6.07, 6.45) is 10.3. The minimum atomic E-state index is -0.518. The fourth-order valence-electron chi connectivity index (χ4n) is 11.8. The molecule has 0 spiro atoms. The first kappa shape index (κ1) is 33.7. The van der Waals surface area contributed by atoms with Gasteiger partial charge in [-0.3, -0.25) is 0 Å². The number of para-hydroxylation sites is 1. The predicted molar refractivity (Wildman–Crippen MR) is 247 cm³/mol. The summed E-state index contributed by atoms with van der Waals surface area (Å²) < 4.78 is 0. The highest BCUT2D eigenvalue weighted by atomic mass is 15.2. The maximum atomic E-state index is 2.77. The number of aryl methyl sites for hydroxylation is 1. The Labute approximate surface area is 342 Å². The van der Waals surface area contributed by atoms with Crippen LogP contribution in [-0.4, -0.2) is 7.85 Å². The molecule has 58 heavy (non-hydrogen) atoms. The zero-order chi connectivity index (χ0) is 38.9. The summed E-state index contributed by atoms with van der Waals surface area (Å²) >= 11 is 0. The van der Waals surface area contributed by atoms with Crippen molar-refractivity contribution in [3.63, 3.8) is 0 Å². The van der Waals surface area contributed by atoms with Crippen LogP contribution < -0.4 is 10.4 Å². The standard InChI is InChI=1S/C56H44BN/c1-34-31-35-17-10-11-18-36(35)32-43(34)39-24-14-25-40-44-33-48-51(41-23-12-13-27-45(41)55(48,2)3)54(52(44)57)58-49-30-16-28-46(49)56(37-19-6-4-7-20-37,38-21-8-5-9-22-38)47-29-15-26-42(50(39)40)53(47)58/h4-13,15-23,25-29,31-33H,14,24,30,57H2,1-3H3. The summed E-state index contributed by atoms with van der Waals surface area (Å²) in [5.41, 5.74) is 25.3. The maximum absolute atomic E-state index is 2.77. The van der Waals surface area contributed by atoms with Crippen LogP contribution in [0.2, 0.25) is 0 Å². The van der Waals surface area contributed by atoms with E-state index in [9.17, 15) is 0 Å². The van der Waals surface area contributed by atoms with E-state index in [1.165, 1.54) is 117 Å². The molecule has 12 rings (SSSR count). The van der Waals surface area contributed by atoms with E-state index in [1.54, 1.807) is 0 Å². The average molecular weight is 742 g/mol. The van der Waals surface area contributed by atoms with Crippen molar-refractivity contribution in [2.45, 2.75) is 50.9 Å². The van der Waals surface area contributed by atoms with Gasteiger partial charge in [0.1, 0.15) is 7.85 Å². The molecule has 0 atom stereocenters. The van der Waals surface area contributed by atoms with Crippen molar-refractivity contribution < 1.29 is 0 Å². The normalized spacial score (nSPS) is 17.6. The van der Waals surface area contributed by atoms with Gasteiger partial charge in [0.25, 0.3) is 0 Å². The van der Waals surface area contributed by atoms with Gasteiger partial charge in [-0.1, -0.05) is 177 Å². The van der Waals surface area contributed by atoms with E-state index in [2.05, 4.69) is 197 Å². The number of hydrogen-bond acceptors (Lipinski definition) is 1. The molecule has 0 fully saturated rings. The van der Waals surface area contributed by atoms with E-state index in [4.69, 9.17) is 0 Å². The van der Waals surface area contributed by atoms with Crippen LogP contribution in [0.1, 0.15) is 83.2 Å². The Morgan fingerprint density at radius 3 is 2.02 bits per heavy atom. The molecule has 0 unspecified atom stereocenters. The molecular formula is C56H44BN. The van der Waals surface area contributed by atoms with Crippen LogP contribution in [0.5, 0.6) is 0 Å². The van der Waals surface area contributed by atoms with E-state index < -0.39 is 5.41 Å². The molecule has 0 amide bonds. The Hall–Kier alpha value is -6.38. The van der Waals surface area contributed by atoms with E-state index in [1.807, 2.05) is 0 Å². The van der Waals surface area contributed by atoms with Gasteiger partial charge in [-0.05, 0) is 109 Å². The van der Waals surface area contributed by atoms with Crippen LogP contribution in [-0.2, 0) is 10.8 Å². The Morgan fingerprint density at radius 2 is 1.26 bits per heavy atom. The summed E-state index contributed by atoms with van der Waals surface area (Å²) in [6.45, 7) is 7.20. The Bertz CT molecular complexity index is 3020. The van der Waals surface area contributed by atoms with Crippen molar-refractivity contribution in [3.05, 3.63) is 225 Å². The molecule has 3 aliphatic carbocycles. The van der Waals surface area contributed by atoms with E-state index in [-0.39, 0.29) is 5.41 Å². The monoisotopic (exact) mass is 741 g/mol. The molecule has 1 nitrogen and oxygen atoms in total. The van der Waals surface area contributed by atoms with Gasteiger partial charge >= 0.3 is 0 Å². The number of fused-ring (bicyclic) bond motifs is 12. The molecule has 5 aliphatic rings. The third kappa shape index (κ3) is 4.28. The summed E-state index contributed by atoms with van der Waals surface area (Å²) in [7, 11) is 2.42. The van der Waals surface area contributed by atoms with E-state index >= 15 is 0 Å². The number of benzene rings is 7. The molecular weight excluding hydrogens is 697 g/mol. The van der Waals surface area contributed by atoms with Crippen molar-refractivity contribution in [1.82, 2.24) is 0 Å². The Kier molecular flexibility index (Phi) is 7.02. The van der Waals surface area contributed by atoms with Crippen LogP contribution in [0.15, 0.2) is 175 Å². The van der Waals surface area contributed by atoms with Gasteiger partial charge in [0.05, 0.1) is 11.1 Å². The largest absolute Gasteiger partial charge is 0.313 e. The molecule has 7 aromatic carbocycles. The van der Waals surface area contributed by atoms with Gasteiger partial charge in [0, 0.05) is 34.3 Å². The third-order valence-corrected chi connectivity index (χ3v) is 14.3. The van der Waals surface area contributed by atoms with Crippen LogP contribution in [0, 0.1) is 6.92 Å². The maximum Gasteiger partial charge on any atom is 0.142 e. The zero-order valence-corrected chi connectivity index (χ0v) is 33.7. The molecule has 2 heteroatoms. The second-order valence-electron chi connectivity index (χ2n) is 17.5. The zero-order valence-electron chi connectivity index (χ0n) is 33.7. The summed E-state index contributed by atoms with van der Waals surface area (Å²) in [4.78, 5) is 2.77.